The average molecular weight is 445 g/mol. The maximum absolute atomic E-state index is 13.0. The summed E-state index contributed by atoms with van der Waals surface area (Å²) in [6, 6.07) is 14.9. The van der Waals surface area contributed by atoms with E-state index in [2.05, 4.69) is 31.2 Å². The summed E-state index contributed by atoms with van der Waals surface area (Å²) in [5.41, 5.74) is 3.20. The molecule has 2 aliphatic rings. The number of thioether (sulfide) groups is 1. The van der Waals surface area contributed by atoms with Gasteiger partial charge >= 0.3 is 0 Å². The van der Waals surface area contributed by atoms with E-state index in [4.69, 9.17) is 0 Å². The number of carbonyl (C=O) groups is 1. The van der Waals surface area contributed by atoms with Crippen molar-refractivity contribution in [2.45, 2.75) is 36.3 Å². The standard InChI is InChI=1S/C23H28N2O3S2/c1-18-6-2-3-7-21(18)22-12-15-24(16-17-29-22)23(26)19-8-10-20(11-9-19)30(27,28)25-13-4-5-14-25/h2-3,6-11,22H,4-5,12-17H2,1H3/t22-/m1/s1. The van der Waals surface area contributed by atoms with Crippen molar-refractivity contribution in [2.24, 2.45) is 0 Å². The number of hydrogen-bond acceptors (Lipinski definition) is 4. The van der Waals surface area contributed by atoms with Crippen molar-refractivity contribution < 1.29 is 13.2 Å². The molecule has 0 aliphatic carbocycles. The molecular formula is C23H28N2O3S2. The van der Waals surface area contributed by atoms with Gasteiger partial charge in [-0.05, 0) is 61.6 Å². The molecule has 2 aromatic carbocycles. The molecule has 7 heteroatoms. The van der Waals surface area contributed by atoms with Crippen molar-refractivity contribution in [2.75, 3.05) is 31.9 Å². The van der Waals surface area contributed by atoms with E-state index in [1.807, 2.05) is 16.7 Å². The Morgan fingerprint density at radius 3 is 2.37 bits per heavy atom. The van der Waals surface area contributed by atoms with E-state index in [9.17, 15) is 13.2 Å². The van der Waals surface area contributed by atoms with E-state index in [1.54, 1.807) is 24.3 Å². The molecule has 0 N–H and O–H groups in total. The number of carbonyl (C=O) groups excluding carboxylic acids is 1. The van der Waals surface area contributed by atoms with Crippen LogP contribution in [0.15, 0.2) is 53.4 Å². The molecule has 2 aromatic rings. The highest BCUT2D eigenvalue weighted by molar-refractivity contribution is 7.99. The highest BCUT2D eigenvalue weighted by Gasteiger charge is 2.28. The summed E-state index contributed by atoms with van der Waals surface area (Å²) in [5, 5.41) is 0.400. The smallest absolute Gasteiger partial charge is 0.253 e. The third-order valence-electron chi connectivity index (χ3n) is 5.97. The van der Waals surface area contributed by atoms with Crippen LogP contribution in [0.25, 0.3) is 0 Å². The van der Waals surface area contributed by atoms with Crippen LogP contribution < -0.4 is 0 Å². The molecule has 2 saturated heterocycles. The lowest BCUT2D eigenvalue weighted by Crippen LogP contribution is -2.33. The first-order chi connectivity index (χ1) is 14.5. The Labute approximate surface area is 183 Å². The predicted molar refractivity (Wildman–Crippen MR) is 121 cm³/mol. The van der Waals surface area contributed by atoms with Crippen LogP contribution in [0.1, 0.15) is 46.0 Å². The Bertz CT molecular complexity index is 999. The van der Waals surface area contributed by atoms with Crippen molar-refractivity contribution in [3.63, 3.8) is 0 Å². The number of hydrogen-bond donors (Lipinski definition) is 0. The van der Waals surface area contributed by atoms with Gasteiger partial charge in [0.2, 0.25) is 10.0 Å². The zero-order valence-corrected chi connectivity index (χ0v) is 18.9. The van der Waals surface area contributed by atoms with Crippen molar-refractivity contribution in [3.8, 4) is 0 Å². The molecule has 2 fully saturated rings. The van der Waals surface area contributed by atoms with Crippen LogP contribution in [0.3, 0.4) is 0 Å². The second-order valence-electron chi connectivity index (χ2n) is 7.93. The summed E-state index contributed by atoms with van der Waals surface area (Å²) in [6.07, 6.45) is 2.74. The van der Waals surface area contributed by atoms with E-state index in [-0.39, 0.29) is 10.8 Å². The van der Waals surface area contributed by atoms with Gasteiger partial charge in [-0.1, -0.05) is 24.3 Å². The topological polar surface area (TPSA) is 57.7 Å². The minimum absolute atomic E-state index is 0.0221. The molecule has 2 aliphatic heterocycles. The largest absolute Gasteiger partial charge is 0.338 e. The van der Waals surface area contributed by atoms with Gasteiger partial charge < -0.3 is 4.90 Å². The Balaban J connectivity index is 1.44. The number of amides is 1. The van der Waals surface area contributed by atoms with E-state index in [0.717, 1.165) is 25.0 Å². The minimum atomic E-state index is -3.45. The number of aryl methyl sites for hydroxylation is 1. The van der Waals surface area contributed by atoms with Gasteiger partial charge in [-0.2, -0.15) is 16.1 Å². The number of sulfonamides is 1. The van der Waals surface area contributed by atoms with Crippen LogP contribution in [0.4, 0.5) is 0 Å². The van der Waals surface area contributed by atoms with E-state index in [0.29, 0.717) is 37.0 Å². The molecule has 0 spiro atoms. The fourth-order valence-corrected chi connectivity index (χ4v) is 7.04. The van der Waals surface area contributed by atoms with Gasteiger partial charge in [0.15, 0.2) is 0 Å². The number of nitrogens with zero attached hydrogens (tertiary/aromatic N) is 2. The van der Waals surface area contributed by atoms with E-state index in [1.165, 1.54) is 15.4 Å². The van der Waals surface area contributed by atoms with Gasteiger partial charge in [0.1, 0.15) is 0 Å². The summed E-state index contributed by atoms with van der Waals surface area (Å²) in [5.74, 6) is 0.873. The Kier molecular flexibility index (Phi) is 6.51. The van der Waals surface area contributed by atoms with Crippen LogP contribution in [-0.2, 0) is 10.0 Å². The van der Waals surface area contributed by atoms with Gasteiger partial charge in [-0.25, -0.2) is 8.42 Å². The summed E-state index contributed by atoms with van der Waals surface area (Å²) in [7, 11) is -3.45. The summed E-state index contributed by atoms with van der Waals surface area (Å²) < 4.78 is 26.9. The molecule has 0 aromatic heterocycles. The molecule has 30 heavy (non-hydrogen) atoms. The summed E-state index contributed by atoms with van der Waals surface area (Å²) in [4.78, 5) is 15.2. The third kappa shape index (κ3) is 4.43. The second-order valence-corrected chi connectivity index (χ2v) is 11.2. The molecule has 5 nitrogen and oxygen atoms in total. The molecule has 1 amide bonds. The highest BCUT2D eigenvalue weighted by Crippen LogP contribution is 2.36. The van der Waals surface area contributed by atoms with E-state index >= 15 is 0 Å². The molecule has 0 bridgehead atoms. The first kappa shape index (κ1) is 21.4. The predicted octanol–water partition coefficient (Wildman–Crippen LogP) is 4.10. The van der Waals surface area contributed by atoms with Crippen LogP contribution in [-0.4, -0.2) is 55.5 Å². The van der Waals surface area contributed by atoms with E-state index < -0.39 is 10.0 Å². The maximum atomic E-state index is 13.0. The van der Waals surface area contributed by atoms with Crippen molar-refractivity contribution >= 4 is 27.7 Å². The first-order valence-corrected chi connectivity index (χ1v) is 13.0. The van der Waals surface area contributed by atoms with Gasteiger partial charge in [-0.15, -0.1) is 0 Å². The van der Waals surface area contributed by atoms with Crippen LogP contribution >= 0.6 is 11.8 Å². The normalized spacial score (nSPS) is 20.8. The average Bonchev–Trinajstić information content (AvgIpc) is 3.20. The van der Waals surface area contributed by atoms with Crippen LogP contribution in [0.2, 0.25) is 0 Å². The lowest BCUT2D eigenvalue weighted by Gasteiger charge is -2.21. The zero-order chi connectivity index (χ0) is 21.1. The van der Waals surface area contributed by atoms with Crippen LogP contribution in [0, 0.1) is 6.92 Å². The molecule has 1 atom stereocenters. The SMILES string of the molecule is Cc1ccccc1[C@H]1CCN(C(=O)c2ccc(S(=O)(=O)N3CCCC3)cc2)CCS1. The monoisotopic (exact) mass is 444 g/mol. The van der Waals surface area contributed by atoms with Gasteiger partial charge in [0.05, 0.1) is 4.90 Å². The highest BCUT2D eigenvalue weighted by atomic mass is 32.2. The third-order valence-corrected chi connectivity index (χ3v) is 9.19. The van der Waals surface area contributed by atoms with Crippen LogP contribution in [0.5, 0.6) is 0 Å². The van der Waals surface area contributed by atoms with Gasteiger partial charge in [-0.3, -0.25) is 4.79 Å². The van der Waals surface area contributed by atoms with Crippen molar-refractivity contribution in [1.29, 1.82) is 0 Å². The van der Waals surface area contributed by atoms with Gasteiger partial charge in [0, 0.05) is 42.7 Å². The second kappa shape index (κ2) is 9.12. The fourth-order valence-electron chi connectivity index (χ4n) is 4.20. The first-order valence-electron chi connectivity index (χ1n) is 10.5. The molecule has 160 valence electrons. The lowest BCUT2D eigenvalue weighted by atomic mass is 10.0. The Morgan fingerprint density at radius 2 is 1.67 bits per heavy atom. The summed E-state index contributed by atoms with van der Waals surface area (Å²) >= 11 is 1.91. The molecule has 0 saturated carbocycles. The molecule has 0 radical (unpaired) electrons. The minimum Gasteiger partial charge on any atom is -0.338 e. The Morgan fingerprint density at radius 1 is 0.967 bits per heavy atom. The Hall–Kier alpha value is -1.83. The maximum Gasteiger partial charge on any atom is 0.253 e. The quantitative estimate of drug-likeness (QED) is 0.712. The van der Waals surface area contributed by atoms with Crippen molar-refractivity contribution in [1.82, 2.24) is 9.21 Å². The van der Waals surface area contributed by atoms with Gasteiger partial charge in [0.25, 0.3) is 5.91 Å². The fraction of sp³-hybridized carbons (Fsp3) is 0.435. The molecule has 2 heterocycles. The summed E-state index contributed by atoms with van der Waals surface area (Å²) in [6.45, 7) is 4.72. The molecule has 0 unspecified atom stereocenters. The lowest BCUT2D eigenvalue weighted by molar-refractivity contribution is 0.0766. The number of benzene rings is 2. The number of rotatable bonds is 4. The zero-order valence-electron chi connectivity index (χ0n) is 17.3. The molecular weight excluding hydrogens is 416 g/mol. The molecule has 4 rings (SSSR count). The van der Waals surface area contributed by atoms with Crippen molar-refractivity contribution in [3.05, 3.63) is 65.2 Å².